The lowest BCUT2D eigenvalue weighted by Gasteiger charge is -2.20. The molecular weight excluding hydrogens is 545 g/mol. The maximum Gasteiger partial charge on any atom is 0.416 e. The van der Waals surface area contributed by atoms with Crippen molar-refractivity contribution in [3.8, 4) is 11.3 Å². The van der Waals surface area contributed by atoms with Gasteiger partial charge in [-0.15, -0.1) is 0 Å². The van der Waals surface area contributed by atoms with Gasteiger partial charge in [-0.25, -0.2) is 13.4 Å². The third-order valence-corrected chi connectivity index (χ3v) is 8.20. The number of alkyl halides is 3. The number of nitrogens with one attached hydrogen (secondary N) is 2. The van der Waals surface area contributed by atoms with E-state index in [-0.39, 0.29) is 16.9 Å². The summed E-state index contributed by atoms with van der Waals surface area (Å²) in [5.41, 5.74) is -0.377. The Morgan fingerprint density at radius 1 is 1.08 bits per heavy atom. The molecule has 0 radical (unpaired) electrons. The second-order valence-corrected chi connectivity index (χ2v) is 11.4. The highest BCUT2D eigenvalue weighted by atomic mass is 35.5. The van der Waals surface area contributed by atoms with E-state index in [4.69, 9.17) is 16.0 Å². The Morgan fingerprint density at radius 2 is 1.76 bits per heavy atom. The number of nitrogens with zero attached hydrogens (tertiary/aromatic N) is 2. The summed E-state index contributed by atoms with van der Waals surface area (Å²) in [5, 5.41) is 2.32. The van der Waals surface area contributed by atoms with E-state index in [0.717, 1.165) is 38.1 Å². The predicted molar refractivity (Wildman–Crippen MR) is 134 cm³/mol. The Balaban J connectivity index is 1.35. The van der Waals surface area contributed by atoms with Gasteiger partial charge < -0.3 is 14.6 Å². The minimum atomic E-state index is -4.44. The van der Waals surface area contributed by atoms with Crippen LogP contribution in [0.4, 0.5) is 19.0 Å². The normalized spacial score (nSPS) is 17.0. The number of furan rings is 1. The highest BCUT2D eigenvalue weighted by molar-refractivity contribution is 7.89. The van der Waals surface area contributed by atoms with Crippen LogP contribution in [0.5, 0.6) is 0 Å². The van der Waals surface area contributed by atoms with Gasteiger partial charge in [-0.3, -0.25) is 4.79 Å². The van der Waals surface area contributed by atoms with Crippen LogP contribution in [0.15, 0.2) is 58.0 Å². The largest absolute Gasteiger partial charge is 0.432 e. The van der Waals surface area contributed by atoms with Gasteiger partial charge in [0.25, 0.3) is 10.0 Å². The van der Waals surface area contributed by atoms with E-state index in [0.29, 0.717) is 35.5 Å². The van der Waals surface area contributed by atoms with Crippen molar-refractivity contribution < 1.29 is 30.8 Å². The number of halogens is 4. The number of carbonyl (C=O) groups excluding carboxylic acids is 1. The van der Waals surface area contributed by atoms with Crippen LogP contribution in [0, 0.1) is 0 Å². The molecule has 2 fully saturated rings. The van der Waals surface area contributed by atoms with E-state index in [1.807, 2.05) is 6.07 Å². The van der Waals surface area contributed by atoms with Crippen molar-refractivity contribution in [2.45, 2.75) is 49.0 Å². The molecule has 38 heavy (non-hydrogen) atoms. The van der Waals surface area contributed by atoms with Crippen LogP contribution >= 0.6 is 11.6 Å². The second kappa shape index (κ2) is 9.90. The first-order chi connectivity index (χ1) is 18.0. The second-order valence-electron chi connectivity index (χ2n) is 9.42. The van der Waals surface area contributed by atoms with Gasteiger partial charge in [0.05, 0.1) is 11.3 Å². The van der Waals surface area contributed by atoms with Crippen molar-refractivity contribution in [3.05, 3.63) is 64.9 Å². The van der Waals surface area contributed by atoms with Crippen molar-refractivity contribution in [1.29, 1.82) is 0 Å². The molecule has 1 aliphatic carbocycles. The Morgan fingerprint density at radius 3 is 2.34 bits per heavy atom. The first kappa shape index (κ1) is 26.5. The van der Waals surface area contributed by atoms with Crippen LogP contribution in [0.1, 0.15) is 36.8 Å². The van der Waals surface area contributed by atoms with Crippen LogP contribution < -0.4 is 14.9 Å². The van der Waals surface area contributed by atoms with Gasteiger partial charge in [0.15, 0.2) is 5.22 Å². The Kier molecular flexibility index (Phi) is 6.91. The standard InChI is InChI=1S/C25H24ClF3N4O4S/c26-20-7-8-22(37-20)38(35,36)32-24(9-10-24)23(34)30-15-16-13-19(31-21(14-16)33-11-1-2-12-33)17-3-5-18(6-4-17)25(27,28)29/h3-8,13-14,32H,1-2,9-12,15H2,(H,30,34). The van der Waals surface area contributed by atoms with Crippen molar-refractivity contribution in [1.82, 2.24) is 15.0 Å². The van der Waals surface area contributed by atoms with Crippen molar-refractivity contribution in [2.75, 3.05) is 18.0 Å². The predicted octanol–water partition coefficient (Wildman–Crippen LogP) is 4.74. The summed E-state index contributed by atoms with van der Waals surface area (Å²) < 4.78 is 71.7. The Hall–Kier alpha value is -3.09. The van der Waals surface area contributed by atoms with Crippen molar-refractivity contribution in [2.24, 2.45) is 0 Å². The molecule has 2 aromatic heterocycles. The maximum atomic E-state index is 13.0. The van der Waals surface area contributed by atoms with Crippen LogP contribution in [-0.4, -0.2) is 37.9 Å². The number of pyridine rings is 1. The summed E-state index contributed by atoms with van der Waals surface area (Å²) in [6, 6.07) is 10.8. The fraction of sp³-hybridized carbons (Fsp3) is 0.360. The summed E-state index contributed by atoms with van der Waals surface area (Å²) in [6.45, 7) is 1.68. The van der Waals surface area contributed by atoms with Gasteiger partial charge >= 0.3 is 6.18 Å². The minimum Gasteiger partial charge on any atom is -0.432 e. The van der Waals surface area contributed by atoms with Crippen LogP contribution in [-0.2, 0) is 27.5 Å². The van der Waals surface area contributed by atoms with Crippen LogP contribution in [0.25, 0.3) is 11.3 Å². The summed E-state index contributed by atoms with van der Waals surface area (Å²) in [7, 11) is -4.10. The number of amides is 1. The lowest BCUT2D eigenvalue weighted by molar-refractivity contribution is -0.137. The fourth-order valence-corrected chi connectivity index (χ4v) is 5.91. The summed E-state index contributed by atoms with van der Waals surface area (Å²) >= 11 is 5.68. The quantitative estimate of drug-likeness (QED) is 0.407. The molecule has 5 rings (SSSR count). The molecule has 1 amide bonds. The number of carbonyl (C=O) groups is 1. The Bertz CT molecular complexity index is 1450. The molecule has 1 aromatic carbocycles. The zero-order valence-electron chi connectivity index (χ0n) is 20.0. The number of hydrogen-bond acceptors (Lipinski definition) is 6. The number of rotatable bonds is 8. The van der Waals surface area contributed by atoms with Crippen LogP contribution in [0.3, 0.4) is 0 Å². The zero-order valence-corrected chi connectivity index (χ0v) is 21.6. The van der Waals surface area contributed by atoms with Gasteiger partial charge in [-0.2, -0.15) is 17.9 Å². The lowest BCUT2D eigenvalue weighted by Crippen LogP contribution is -2.48. The lowest BCUT2D eigenvalue weighted by atomic mass is 10.1. The molecule has 2 N–H and O–H groups in total. The molecule has 1 saturated heterocycles. The average Bonchev–Trinajstić information content (AvgIpc) is 3.24. The molecule has 3 aromatic rings. The molecule has 202 valence electrons. The number of aromatic nitrogens is 1. The summed E-state index contributed by atoms with van der Waals surface area (Å²) in [5.74, 6) is 0.176. The monoisotopic (exact) mass is 568 g/mol. The SMILES string of the molecule is O=C(NCc1cc(-c2ccc(C(F)(F)F)cc2)nc(N2CCCC2)c1)C1(NS(=O)(=O)c2ccc(Cl)o2)CC1. The highest BCUT2D eigenvalue weighted by Gasteiger charge is 2.53. The third-order valence-electron chi connectivity index (χ3n) is 6.59. The van der Waals surface area contributed by atoms with Gasteiger partial charge in [0.2, 0.25) is 11.0 Å². The number of benzene rings is 1. The molecular formula is C25H24ClF3N4O4S. The van der Waals surface area contributed by atoms with Crippen molar-refractivity contribution >= 4 is 33.3 Å². The molecule has 2 aliphatic rings. The van der Waals surface area contributed by atoms with E-state index < -0.39 is 33.2 Å². The van der Waals surface area contributed by atoms with Crippen molar-refractivity contribution in [3.63, 3.8) is 0 Å². The molecule has 0 unspecified atom stereocenters. The molecule has 1 aliphatic heterocycles. The van der Waals surface area contributed by atoms with Gasteiger partial charge in [0.1, 0.15) is 11.4 Å². The first-order valence-electron chi connectivity index (χ1n) is 12.0. The first-order valence-corrected chi connectivity index (χ1v) is 13.8. The Labute approximate surface area is 222 Å². The molecule has 8 nitrogen and oxygen atoms in total. The van der Waals surface area contributed by atoms with E-state index in [2.05, 4.69) is 19.9 Å². The number of hydrogen-bond donors (Lipinski definition) is 2. The molecule has 13 heteroatoms. The summed E-state index contributed by atoms with van der Waals surface area (Å²) in [6.07, 6.45) is -1.80. The fourth-order valence-electron chi connectivity index (χ4n) is 4.36. The topological polar surface area (TPSA) is 105 Å². The van der Waals surface area contributed by atoms with E-state index in [1.165, 1.54) is 24.3 Å². The van der Waals surface area contributed by atoms with Gasteiger partial charge in [0, 0.05) is 25.2 Å². The molecule has 0 bridgehead atoms. The van der Waals surface area contributed by atoms with Crippen LogP contribution in [0.2, 0.25) is 5.22 Å². The van der Waals surface area contributed by atoms with E-state index in [9.17, 15) is 26.4 Å². The third kappa shape index (κ3) is 5.67. The van der Waals surface area contributed by atoms with E-state index >= 15 is 0 Å². The maximum absolute atomic E-state index is 13.0. The smallest absolute Gasteiger partial charge is 0.416 e. The van der Waals surface area contributed by atoms with Gasteiger partial charge in [-0.05, 0) is 79.2 Å². The average molecular weight is 569 g/mol. The highest BCUT2D eigenvalue weighted by Crippen LogP contribution is 2.38. The minimum absolute atomic E-state index is 0.0753. The molecule has 0 atom stereocenters. The van der Waals surface area contributed by atoms with E-state index in [1.54, 1.807) is 6.07 Å². The molecule has 0 spiro atoms. The number of sulfonamides is 1. The zero-order chi connectivity index (χ0) is 27.1. The molecule has 1 saturated carbocycles. The summed E-state index contributed by atoms with van der Waals surface area (Å²) in [4.78, 5) is 19.8. The molecule has 3 heterocycles. The number of anilines is 1. The van der Waals surface area contributed by atoms with Gasteiger partial charge in [-0.1, -0.05) is 12.1 Å².